The highest BCUT2D eigenvalue weighted by Crippen LogP contribution is 2.37. The van der Waals surface area contributed by atoms with Gasteiger partial charge in [0.15, 0.2) is 0 Å². The van der Waals surface area contributed by atoms with Gasteiger partial charge in [-0.2, -0.15) is 0 Å². The van der Waals surface area contributed by atoms with Gasteiger partial charge in [0.1, 0.15) is 11.9 Å². The number of aromatic amines is 1. The van der Waals surface area contributed by atoms with E-state index in [1.165, 1.54) is 0 Å². The number of H-pyrrole nitrogens is 1. The molecule has 2 aliphatic rings. The second-order valence-corrected chi connectivity index (χ2v) is 5.13. The van der Waals surface area contributed by atoms with Gasteiger partial charge in [0.05, 0.1) is 0 Å². The van der Waals surface area contributed by atoms with E-state index in [2.05, 4.69) is 25.8 Å². The second-order valence-electron chi connectivity index (χ2n) is 5.13. The van der Waals surface area contributed by atoms with Gasteiger partial charge in [0.25, 0.3) is 5.91 Å². The molecule has 1 aliphatic heterocycles. The molecule has 0 radical (unpaired) electrons. The first-order valence-electron chi connectivity index (χ1n) is 6.75. The van der Waals surface area contributed by atoms with Crippen LogP contribution in [0.5, 0.6) is 0 Å². The number of aromatic nitrogens is 3. The second kappa shape index (κ2) is 4.99. The van der Waals surface area contributed by atoms with E-state index < -0.39 is 6.04 Å². The topological polar surface area (TPSA) is 99.8 Å². The third-order valence-electron chi connectivity index (χ3n) is 3.51. The Kier molecular flexibility index (Phi) is 3.18. The van der Waals surface area contributed by atoms with Gasteiger partial charge >= 0.3 is 0 Å². The third kappa shape index (κ3) is 2.74. The summed E-state index contributed by atoms with van der Waals surface area (Å²) in [7, 11) is 0. The molecule has 1 saturated heterocycles. The molecule has 2 fully saturated rings. The lowest BCUT2D eigenvalue weighted by Gasteiger charge is -2.13. The van der Waals surface area contributed by atoms with Crippen LogP contribution in [-0.4, -0.2) is 39.6 Å². The monoisotopic (exact) mass is 263 g/mol. The molecule has 1 saturated carbocycles. The normalized spacial score (nSPS) is 23.6. The highest BCUT2D eigenvalue weighted by Gasteiger charge is 2.29. The van der Waals surface area contributed by atoms with Crippen molar-refractivity contribution in [3.8, 4) is 0 Å². The first-order chi connectivity index (χ1) is 9.24. The Morgan fingerprint density at radius 2 is 2.11 bits per heavy atom. The molecule has 1 aliphatic carbocycles. The number of nitrogens with zero attached hydrogens (tertiary/aromatic N) is 2. The molecule has 7 nitrogen and oxygen atoms in total. The molecule has 1 atom stereocenters. The van der Waals surface area contributed by atoms with Gasteiger partial charge in [-0.3, -0.25) is 14.7 Å². The van der Waals surface area contributed by atoms with Crippen molar-refractivity contribution < 1.29 is 9.59 Å². The maximum absolute atomic E-state index is 12.0. The van der Waals surface area contributed by atoms with Crippen LogP contribution >= 0.6 is 0 Å². The van der Waals surface area contributed by atoms with Crippen LogP contribution in [0.3, 0.4) is 0 Å². The molecule has 1 aromatic rings. The van der Waals surface area contributed by atoms with Crippen LogP contribution in [0.25, 0.3) is 0 Å². The molecule has 7 heteroatoms. The summed E-state index contributed by atoms with van der Waals surface area (Å²) < 4.78 is 0. The van der Waals surface area contributed by atoms with E-state index in [9.17, 15) is 9.59 Å². The molecule has 2 heterocycles. The highest BCUT2D eigenvalue weighted by atomic mass is 16.2. The third-order valence-corrected chi connectivity index (χ3v) is 3.51. The molecule has 102 valence electrons. The first-order valence-corrected chi connectivity index (χ1v) is 6.75. The molecular weight excluding hydrogens is 246 g/mol. The molecule has 0 spiro atoms. The molecular formula is C12H17N5O2. The number of amides is 2. The van der Waals surface area contributed by atoms with Gasteiger partial charge in [-0.15, -0.1) is 5.10 Å². The minimum atomic E-state index is -0.474. The van der Waals surface area contributed by atoms with E-state index in [4.69, 9.17) is 0 Å². The predicted molar refractivity (Wildman–Crippen MR) is 66.5 cm³/mol. The van der Waals surface area contributed by atoms with Gasteiger partial charge in [0.2, 0.25) is 11.7 Å². The smallest absolute Gasteiger partial charge is 0.291 e. The van der Waals surface area contributed by atoms with Crippen molar-refractivity contribution in [1.82, 2.24) is 25.8 Å². The van der Waals surface area contributed by atoms with Crippen LogP contribution in [-0.2, 0) is 4.79 Å². The Morgan fingerprint density at radius 3 is 2.89 bits per heavy atom. The predicted octanol–water partition coefficient (Wildman–Crippen LogP) is 0.0806. The van der Waals surface area contributed by atoms with E-state index in [-0.39, 0.29) is 17.6 Å². The maximum Gasteiger partial charge on any atom is 0.291 e. The fourth-order valence-corrected chi connectivity index (χ4v) is 2.22. The number of hydrogen-bond donors (Lipinski definition) is 3. The van der Waals surface area contributed by atoms with Crippen LogP contribution in [0.1, 0.15) is 54.5 Å². The zero-order chi connectivity index (χ0) is 13.2. The van der Waals surface area contributed by atoms with Crippen molar-refractivity contribution in [3.05, 3.63) is 11.6 Å². The van der Waals surface area contributed by atoms with Crippen LogP contribution in [0.4, 0.5) is 0 Å². The molecule has 3 N–H and O–H groups in total. The fourth-order valence-electron chi connectivity index (χ4n) is 2.22. The van der Waals surface area contributed by atoms with Gasteiger partial charge in [-0.05, 0) is 32.1 Å². The Balaban J connectivity index is 1.63. The van der Waals surface area contributed by atoms with E-state index in [1.54, 1.807) is 0 Å². The Morgan fingerprint density at radius 1 is 1.26 bits per heavy atom. The summed E-state index contributed by atoms with van der Waals surface area (Å²) in [6.45, 7) is 0.678. The van der Waals surface area contributed by atoms with Crippen LogP contribution in [0, 0.1) is 0 Å². The lowest BCUT2D eigenvalue weighted by molar-refractivity contribution is -0.122. The summed E-state index contributed by atoms with van der Waals surface area (Å²) in [6, 6.07) is -0.474. The average molecular weight is 263 g/mol. The summed E-state index contributed by atoms with van der Waals surface area (Å²) >= 11 is 0. The molecule has 1 aromatic heterocycles. The molecule has 0 aromatic carbocycles. The quantitative estimate of drug-likeness (QED) is 0.719. The van der Waals surface area contributed by atoms with E-state index in [0.29, 0.717) is 18.9 Å². The molecule has 0 bridgehead atoms. The summed E-state index contributed by atoms with van der Waals surface area (Å²) in [4.78, 5) is 27.9. The van der Waals surface area contributed by atoms with Crippen molar-refractivity contribution >= 4 is 11.8 Å². The number of hydrogen-bond acceptors (Lipinski definition) is 4. The number of carbonyl (C=O) groups is 2. The van der Waals surface area contributed by atoms with Crippen LogP contribution in [0.2, 0.25) is 0 Å². The van der Waals surface area contributed by atoms with Crippen molar-refractivity contribution in [1.29, 1.82) is 0 Å². The van der Waals surface area contributed by atoms with Gasteiger partial charge < -0.3 is 10.6 Å². The Labute approximate surface area is 110 Å². The highest BCUT2D eigenvalue weighted by molar-refractivity contribution is 5.94. The molecule has 3 rings (SSSR count). The lowest BCUT2D eigenvalue weighted by atomic mass is 10.1. The van der Waals surface area contributed by atoms with E-state index in [0.717, 1.165) is 31.5 Å². The minimum absolute atomic E-state index is 0.121. The van der Waals surface area contributed by atoms with Gasteiger partial charge in [0, 0.05) is 12.5 Å². The number of rotatable bonds is 3. The summed E-state index contributed by atoms with van der Waals surface area (Å²) in [5, 5.41) is 12.2. The van der Waals surface area contributed by atoms with Crippen molar-refractivity contribution in [2.75, 3.05) is 6.54 Å². The minimum Gasteiger partial charge on any atom is -0.354 e. The number of nitrogens with one attached hydrogen (secondary N) is 3. The van der Waals surface area contributed by atoms with E-state index in [1.807, 2.05) is 0 Å². The fraction of sp³-hybridized carbons (Fsp3) is 0.667. The van der Waals surface area contributed by atoms with Crippen molar-refractivity contribution in [3.63, 3.8) is 0 Å². The standard InChI is InChI=1S/C12H17N5O2/c18-11-8(3-1-2-6-13-11)14-12(19)10-15-9(16-17-10)7-4-5-7/h7-8H,1-6H2,(H,13,18)(H,14,19)(H,15,16,17). The Hall–Kier alpha value is -1.92. The first kappa shape index (κ1) is 12.1. The SMILES string of the molecule is O=C(NC1CCCCNC1=O)c1n[nH]c(C2CC2)n1. The summed E-state index contributed by atoms with van der Waals surface area (Å²) in [6.07, 6.45) is 4.73. The zero-order valence-corrected chi connectivity index (χ0v) is 10.6. The van der Waals surface area contributed by atoms with E-state index >= 15 is 0 Å². The van der Waals surface area contributed by atoms with Gasteiger partial charge in [-0.25, -0.2) is 4.98 Å². The van der Waals surface area contributed by atoms with Crippen molar-refractivity contribution in [2.24, 2.45) is 0 Å². The maximum atomic E-state index is 12.0. The van der Waals surface area contributed by atoms with Crippen LogP contribution < -0.4 is 10.6 Å². The van der Waals surface area contributed by atoms with Crippen LogP contribution in [0.15, 0.2) is 0 Å². The van der Waals surface area contributed by atoms with Crippen molar-refractivity contribution in [2.45, 2.75) is 44.1 Å². The summed E-state index contributed by atoms with van der Waals surface area (Å²) in [5.41, 5.74) is 0. The number of carbonyl (C=O) groups excluding carboxylic acids is 2. The van der Waals surface area contributed by atoms with Gasteiger partial charge in [-0.1, -0.05) is 0 Å². The lowest BCUT2D eigenvalue weighted by Crippen LogP contribution is -2.45. The molecule has 2 amide bonds. The molecule has 19 heavy (non-hydrogen) atoms. The Bertz CT molecular complexity index is 494. The molecule has 1 unspecified atom stereocenters. The zero-order valence-electron chi connectivity index (χ0n) is 10.6. The summed E-state index contributed by atoms with van der Waals surface area (Å²) in [5.74, 6) is 0.818. The average Bonchev–Trinajstić information content (AvgIpc) is 3.17. The largest absolute Gasteiger partial charge is 0.354 e.